The van der Waals surface area contributed by atoms with Crippen LogP contribution in [-0.2, 0) is 13.6 Å². The van der Waals surface area contributed by atoms with Crippen molar-refractivity contribution in [2.75, 3.05) is 12.4 Å². The van der Waals surface area contributed by atoms with E-state index in [4.69, 9.17) is 4.74 Å². The number of nitrogens with zero attached hydrogens (tertiary/aromatic N) is 4. The van der Waals surface area contributed by atoms with E-state index < -0.39 is 4.92 Å². The van der Waals surface area contributed by atoms with Gasteiger partial charge in [0.15, 0.2) is 0 Å². The van der Waals surface area contributed by atoms with Crippen LogP contribution in [0.1, 0.15) is 5.56 Å². The molecule has 2 heterocycles. The van der Waals surface area contributed by atoms with Crippen LogP contribution in [0.3, 0.4) is 0 Å². The van der Waals surface area contributed by atoms with E-state index in [1.807, 2.05) is 0 Å². The van der Waals surface area contributed by atoms with Crippen molar-refractivity contribution in [2.45, 2.75) is 6.54 Å². The molecule has 2 aromatic heterocycles. The van der Waals surface area contributed by atoms with Gasteiger partial charge in [-0.3, -0.25) is 14.8 Å². The normalized spacial score (nSPS) is 10.2. The molecule has 2 aromatic rings. The van der Waals surface area contributed by atoms with Crippen molar-refractivity contribution in [3.63, 3.8) is 0 Å². The van der Waals surface area contributed by atoms with Gasteiger partial charge in [0.1, 0.15) is 6.20 Å². The first kappa shape index (κ1) is 12.8. The zero-order chi connectivity index (χ0) is 13.8. The first-order valence-electron chi connectivity index (χ1n) is 5.51. The molecule has 100 valence electrons. The molecule has 0 amide bonds. The van der Waals surface area contributed by atoms with E-state index in [9.17, 15) is 10.1 Å². The molecule has 0 atom stereocenters. The predicted octanol–water partition coefficient (Wildman–Crippen LogP) is 1.34. The summed E-state index contributed by atoms with van der Waals surface area (Å²) in [6.07, 6.45) is 2.97. The van der Waals surface area contributed by atoms with Crippen molar-refractivity contribution >= 4 is 11.5 Å². The highest BCUT2D eigenvalue weighted by atomic mass is 16.6. The molecule has 0 aromatic carbocycles. The first-order valence-corrected chi connectivity index (χ1v) is 5.51. The molecule has 8 nitrogen and oxygen atoms in total. The highest BCUT2D eigenvalue weighted by Crippen LogP contribution is 2.22. The number of hydrogen-bond donors (Lipinski definition) is 1. The van der Waals surface area contributed by atoms with Crippen LogP contribution < -0.4 is 10.1 Å². The van der Waals surface area contributed by atoms with E-state index in [1.165, 1.54) is 18.0 Å². The molecule has 19 heavy (non-hydrogen) atoms. The Kier molecular flexibility index (Phi) is 3.60. The molecular formula is C11H13N5O3. The molecule has 0 spiro atoms. The van der Waals surface area contributed by atoms with E-state index in [0.717, 1.165) is 5.56 Å². The van der Waals surface area contributed by atoms with E-state index in [-0.39, 0.29) is 11.5 Å². The lowest BCUT2D eigenvalue weighted by Gasteiger charge is -2.04. The van der Waals surface area contributed by atoms with Gasteiger partial charge in [-0.05, 0) is 11.6 Å². The molecule has 0 aliphatic carbocycles. The van der Waals surface area contributed by atoms with Crippen molar-refractivity contribution in [3.8, 4) is 5.88 Å². The van der Waals surface area contributed by atoms with E-state index in [2.05, 4.69) is 15.4 Å². The van der Waals surface area contributed by atoms with Crippen molar-refractivity contribution in [1.29, 1.82) is 0 Å². The van der Waals surface area contributed by atoms with Crippen LogP contribution in [0.4, 0.5) is 11.5 Å². The maximum atomic E-state index is 10.8. The Labute approximate surface area is 109 Å². The van der Waals surface area contributed by atoms with Crippen LogP contribution in [0.5, 0.6) is 5.88 Å². The molecule has 0 saturated heterocycles. The number of nitrogens with one attached hydrogen (secondary N) is 1. The third-order valence-electron chi connectivity index (χ3n) is 2.47. The lowest BCUT2D eigenvalue weighted by atomic mass is 10.2. The first-order chi connectivity index (χ1) is 9.10. The maximum Gasteiger partial charge on any atom is 0.330 e. The molecule has 0 aliphatic heterocycles. The molecular weight excluding hydrogens is 250 g/mol. The summed E-state index contributed by atoms with van der Waals surface area (Å²) in [6.45, 7) is 0.400. The van der Waals surface area contributed by atoms with Crippen LogP contribution in [0.25, 0.3) is 0 Å². The Bertz CT molecular complexity index is 596. The molecule has 0 saturated carbocycles. The van der Waals surface area contributed by atoms with Crippen molar-refractivity contribution in [1.82, 2.24) is 14.8 Å². The lowest BCUT2D eigenvalue weighted by Crippen LogP contribution is -2.03. The molecule has 0 unspecified atom stereocenters. The number of anilines is 1. The Balaban J connectivity index is 2.11. The van der Waals surface area contributed by atoms with Crippen molar-refractivity contribution in [2.24, 2.45) is 7.05 Å². The summed E-state index contributed by atoms with van der Waals surface area (Å²) in [5.41, 5.74) is 0.843. The van der Waals surface area contributed by atoms with Gasteiger partial charge in [-0.25, -0.2) is 4.98 Å². The average Bonchev–Trinajstić information content (AvgIpc) is 2.78. The third-order valence-corrected chi connectivity index (χ3v) is 2.47. The number of hydrogen-bond acceptors (Lipinski definition) is 6. The molecule has 0 bridgehead atoms. The molecule has 8 heteroatoms. The summed E-state index contributed by atoms with van der Waals surface area (Å²) in [5, 5.41) is 17.8. The monoisotopic (exact) mass is 263 g/mol. The molecule has 0 fully saturated rings. The number of pyridine rings is 1. The summed E-state index contributed by atoms with van der Waals surface area (Å²) < 4.78 is 6.40. The second-order valence-electron chi connectivity index (χ2n) is 3.85. The molecule has 0 aliphatic rings. The van der Waals surface area contributed by atoms with Crippen LogP contribution in [0.15, 0.2) is 24.5 Å². The highest BCUT2D eigenvalue weighted by molar-refractivity contribution is 5.54. The topological polar surface area (TPSA) is 95.1 Å². The quantitative estimate of drug-likeness (QED) is 0.646. The van der Waals surface area contributed by atoms with Gasteiger partial charge in [-0.15, -0.1) is 5.10 Å². The number of aromatic nitrogens is 3. The second-order valence-corrected chi connectivity index (χ2v) is 3.85. The van der Waals surface area contributed by atoms with E-state index >= 15 is 0 Å². The SMILES string of the molecule is COc1cc(CNc2nn(C)cc2[N+](=O)[O-])ccn1. The van der Waals surface area contributed by atoms with Gasteiger partial charge in [0, 0.05) is 25.9 Å². The molecule has 2 rings (SSSR count). The van der Waals surface area contributed by atoms with Gasteiger partial charge in [-0.1, -0.05) is 0 Å². The second kappa shape index (κ2) is 5.34. The van der Waals surface area contributed by atoms with E-state index in [0.29, 0.717) is 12.4 Å². The molecule has 1 N–H and O–H groups in total. The number of ether oxygens (including phenoxy) is 1. The van der Waals surface area contributed by atoms with Gasteiger partial charge in [0.25, 0.3) is 0 Å². The number of methoxy groups -OCH3 is 1. The van der Waals surface area contributed by atoms with Crippen molar-refractivity contribution < 1.29 is 9.66 Å². The minimum atomic E-state index is -0.470. The fourth-order valence-electron chi connectivity index (χ4n) is 1.59. The summed E-state index contributed by atoms with van der Waals surface area (Å²) >= 11 is 0. The Morgan fingerprint density at radius 1 is 1.58 bits per heavy atom. The van der Waals surface area contributed by atoms with Crippen LogP contribution in [0, 0.1) is 10.1 Å². The summed E-state index contributed by atoms with van der Waals surface area (Å²) in [4.78, 5) is 14.3. The summed E-state index contributed by atoms with van der Waals surface area (Å²) in [6, 6.07) is 3.55. The number of aryl methyl sites for hydroxylation is 1. The van der Waals surface area contributed by atoms with Gasteiger partial charge >= 0.3 is 5.69 Å². The van der Waals surface area contributed by atoms with Gasteiger partial charge in [0.05, 0.1) is 12.0 Å². The lowest BCUT2D eigenvalue weighted by molar-refractivity contribution is -0.384. The zero-order valence-corrected chi connectivity index (χ0v) is 10.5. The van der Waals surface area contributed by atoms with Gasteiger partial charge < -0.3 is 10.1 Å². The maximum absolute atomic E-state index is 10.8. The number of rotatable bonds is 5. The Morgan fingerprint density at radius 2 is 2.37 bits per heavy atom. The van der Waals surface area contributed by atoms with Crippen LogP contribution in [0.2, 0.25) is 0 Å². The fraction of sp³-hybridized carbons (Fsp3) is 0.273. The highest BCUT2D eigenvalue weighted by Gasteiger charge is 2.17. The average molecular weight is 263 g/mol. The minimum absolute atomic E-state index is 0.0523. The Morgan fingerprint density at radius 3 is 3.05 bits per heavy atom. The largest absolute Gasteiger partial charge is 0.481 e. The zero-order valence-electron chi connectivity index (χ0n) is 10.5. The van der Waals surface area contributed by atoms with Crippen molar-refractivity contribution in [3.05, 3.63) is 40.2 Å². The smallest absolute Gasteiger partial charge is 0.330 e. The molecule has 0 radical (unpaired) electrons. The summed E-state index contributed by atoms with van der Waals surface area (Å²) in [5.74, 6) is 0.734. The summed E-state index contributed by atoms with van der Waals surface area (Å²) in [7, 11) is 3.16. The minimum Gasteiger partial charge on any atom is -0.481 e. The Hall–Kier alpha value is -2.64. The van der Waals surface area contributed by atoms with E-state index in [1.54, 1.807) is 25.4 Å². The predicted molar refractivity (Wildman–Crippen MR) is 68.0 cm³/mol. The van der Waals surface area contributed by atoms with Crippen LogP contribution >= 0.6 is 0 Å². The van der Waals surface area contributed by atoms with Gasteiger partial charge in [-0.2, -0.15) is 0 Å². The fourth-order valence-corrected chi connectivity index (χ4v) is 1.59. The van der Waals surface area contributed by atoms with Crippen LogP contribution in [-0.4, -0.2) is 26.8 Å². The third kappa shape index (κ3) is 2.97. The number of nitro groups is 1. The van der Waals surface area contributed by atoms with Gasteiger partial charge in [0.2, 0.25) is 11.7 Å². The standard InChI is InChI=1S/C11H13N5O3/c1-15-7-9(16(17)18)11(14-15)13-6-8-3-4-12-10(5-8)19-2/h3-5,7H,6H2,1-2H3,(H,13,14).